The minimum absolute atomic E-state index is 0.103. The average Bonchev–Trinajstić information content (AvgIpc) is 2.53. The van der Waals surface area contributed by atoms with Gasteiger partial charge < -0.3 is 10.1 Å². The molecule has 0 fully saturated rings. The molecule has 2 aromatic rings. The molecule has 0 heterocycles. The number of rotatable bonds is 4. The summed E-state index contributed by atoms with van der Waals surface area (Å²) in [6, 6.07) is 6.25. The fraction of sp³-hybridized carbons (Fsp3) is 0.188. The number of ether oxygens (including phenoxy) is 1. The molecule has 0 saturated heterocycles. The number of anilines is 1. The van der Waals surface area contributed by atoms with E-state index in [1.54, 1.807) is 0 Å². The molecule has 0 aliphatic heterocycles. The van der Waals surface area contributed by atoms with Gasteiger partial charge in [-0.15, -0.1) is 0 Å². The van der Waals surface area contributed by atoms with Crippen molar-refractivity contribution in [2.75, 3.05) is 5.32 Å². The summed E-state index contributed by atoms with van der Waals surface area (Å²) >= 11 is 0. The molecule has 0 unspecified atom stereocenters. The Kier molecular flexibility index (Phi) is 5.34. The number of hydrogen-bond donors (Lipinski definition) is 1. The first-order chi connectivity index (χ1) is 12.3. The third kappa shape index (κ3) is 5.31. The van der Waals surface area contributed by atoms with Crippen molar-refractivity contribution < 1.29 is 44.7 Å². The predicted octanol–water partition coefficient (Wildman–Crippen LogP) is 5.33. The number of para-hydroxylation sites is 1. The van der Waals surface area contributed by atoms with Crippen LogP contribution in [0, 0.1) is 0 Å². The Hall–Kier alpha value is -2.85. The maximum atomic E-state index is 13.8. The number of alkyl halides is 8. The van der Waals surface area contributed by atoms with Crippen LogP contribution in [0.3, 0.4) is 0 Å². The third-order valence-corrected chi connectivity index (χ3v) is 3.10. The molecule has 11 heteroatoms. The van der Waals surface area contributed by atoms with E-state index in [4.69, 9.17) is 0 Å². The summed E-state index contributed by atoms with van der Waals surface area (Å²) in [7, 11) is 0. The number of carbonyl (C=O) groups is 1. The highest BCUT2D eigenvalue weighted by molar-refractivity contribution is 5.95. The van der Waals surface area contributed by atoms with Crippen LogP contribution in [0.4, 0.5) is 40.8 Å². The van der Waals surface area contributed by atoms with Crippen LogP contribution in [0.15, 0.2) is 48.5 Å². The van der Waals surface area contributed by atoms with Gasteiger partial charge in [-0.2, -0.15) is 35.1 Å². The zero-order chi connectivity index (χ0) is 20.5. The predicted molar refractivity (Wildman–Crippen MR) is 77.1 cm³/mol. The standard InChI is InChI=1S/C16H9F8NO2/c17-14(18,19)9-6-10(15(20,21)22)8-11(7-9)25-13(26)16(23,24)27-12-4-2-1-3-5-12/h1-8H,(H,25,26). The molecular formula is C16H9F8NO2. The highest BCUT2D eigenvalue weighted by Gasteiger charge is 2.43. The first-order valence-electron chi connectivity index (χ1n) is 7.02. The fourth-order valence-corrected chi connectivity index (χ4v) is 1.91. The molecule has 0 aliphatic rings. The summed E-state index contributed by atoms with van der Waals surface area (Å²) in [6.45, 7) is 0. The summed E-state index contributed by atoms with van der Waals surface area (Å²) in [5.41, 5.74) is -4.64. The number of amides is 1. The first-order valence-corrected chi connectivity index (χ1v) is 7.02. The summed E-state index contributed by atoms with van der Waals surface area (Å²) < 4.78 is 108. The van der Waals surface area contributed by atoms with Gasteiger partial charge in [-0.05, 0) is 30.3 Å². The highest BCUT2D eigenvalue weighted by Crippen LogP contribution is 2.37. The Morgan fingerprint density at radius 3 is 1.70 bits per heavy atom. The van der Waals surface area contributed by atoms with E-state index in [2.05, 4.69) is 4.74 Å². The molecule has 0 bridgehead atoms. The lowest BCUT2D eigenvalue weighted by molar-refractivity contribution is -0.187. The Bertz CT molecular complexity index is 783. The van der Waals surface area contributed by atoms with Crippen LogP contribution in [0.1, 0.15) is 11.1 Å². The van der Waals surface area contributed by atoms with Crippen LogP contribution < -0.4 is 10.1 Å². The second kappa shape index (κ2) is 7.05. The van der Waals surface area contributed by atoms with Gasteiger partial charge in [0.2, 0.25) is 0 Å². The molecular weight excluding hydrogens is 390 g/mol. The molecule has 0 aromatic heterocycles. The molecule has 0 saturated carbocycles. The van der Waals surface area contributed by atoms with Gasteiger partial charge in [-0.1, -0.05) is 18.2 Å². The monoisotopic (exact) mass is 399 g/mol. The van der Waals surface area contributed by atoms with Crippen LogP contribution >= 0.6 is 0 Å². The summed E-state index contributed by atoms with van der Waals surface area (Å²) in [6.07, 6.45) is -14.9. The van der Waals surface area contributed by atoms with Gasteiger partial charge in [0.15, 0.2) is 0 Å². The summed E-state index contributed by atoms with van der Waals surface area (Å²) in [5.74, 6) is -2.67. The van der Waals surface area contributed by atoms with Crippen LogP contribution in [0.2, 0.25) is 0 Å². The molecule has 0 radical (unpaired) electrons. The van der Waals surface area contributed by atoms with Crippen molar-refractivity contribution >= 4 is 11.6 Å². The van der Waals surface area contributed by atoms with E-state index in [0.717, 1.165) is 12.1 Å². The first kappa shape index (κ1) is 20.5. The minimum atomic E-state index is -5.19. The molecule has 1 N–H and O–H groups in total. The Morgan fingerprint density at radius 2 is 1.26 bits per heavy atom. The number of benzene rings is 2. The van der Waals surface area contributed by atoms with Crippen LogP contribution in [-0.2, 0) is 17.1 Å². The molecule has 0 spiro atoms. The van der Waals surface area contributed by atoms with Gasteiger partial charge in [0, 0.05) is 5.69 Å². The van der Waals surface area contributed by atoms with E-state index >= 15 is 0 Å². The summed E-state index contributed by atoms with van der Waals surface area (Å²) in [4.78, 5) is 11.6. The lowest BCUT2D eigenvalue weighted by Gasteiger charge is -2.19. The normalized spacial score (nSPS) is 12.6. The molecule has 0 aliphatic carbocycles. The van der Waals surface area contributed by atoms with Gasteiger partial charge in [0.05, 0.1) is 11.1 Å². The SMILES string of the molecule is O=C(Nc1cc(C(F)(F)F)cc(C(F)(F)F)c1)C(F)(F)Oc1ccccc1. The highest BCUT2D eigenvalue weighted by atomic mass is 19.4. The molecule has 0 atom stereocenters. The summed E-state index contributed by atoms with van der Waals surface area (Å²) in [5, 5.41) is 1.31. The van der Waals surface area contributed by atoms with Crippen LogP contribution in [-0.4, -0.2) is 12.0 Å². The number of halogens is 8. The van der Waals surface area contributed by atoms with Crippen LogP contribution in [0.5, 0.6) is 5.75 Å². The van der Waals surface area contributed by atoms with E-state index in [1.807, 2.05) is 0 Å². The lowest BCUT2D eigenvalue weighted by atomic mass is 10.1. The Labute approximate surface area is 146 Å². The van der Waals surface area contributed by atoms with Gasteiger partial charge in [0.25, 0.3) is 0 Å². The lowest BCUT2D eigenvalue weighted by Crippen LogP contribution is -2.40. The molecule has 2 aromatic carbocycles. The Morgan fingerprint density at radius 1 is 0.778 bits per heavy atom. The van der Waals surface area contributed by atoms with Crippen molar-refractivity contribution in [2.45, 2.75) is 18.5 Å². The molecule has 2 rings (SSSR count). The van der Waals surface area contributed by atoms with Crippen molar-refractivity contribution in [1.82, 2.24) is 0 Å². The van der Waals surface area contributed by atoms with E-state index < -0.39 is 46.9 Å². The second-order valence-corrected chi connectivity index (χ2v) is 5.18. The maximum absolute atomic E-state index is 13.8. The van der Waals surface area contributed by atoms with Crippen molar-refractivity contribution in [2.24, 2.45) is 0 Å². The van der Waals surface area contributed by atoms with Crippen molar-refractivity contribution in [1.29, 1.82) is 0 Å². The minimum Gasteiger partial charge on any atom is -0.425 e. The Balaban J connectivity index is 2.31. The second-order valence-electron chi connectivity index (χ2n) is 5.18. The zero-order valence-electron chi connectivity index (χ0n) is 13.0. The quantitative estimate of drug-likeness (QED) is 0.706. The zero-order valence-corrected chi connectivity index (χ0v) is 13.0. The largest absolute Gasteiger partial charge is 0.482 e. The van der Waals surface area contributed by atoms with Crippen molar-refractivity contribution in [3.05, 3.63) is 59.7 Å². The van der Waals surface area contributed by atoms with Crippen molar-refractivity contribution in [3.63, 3.8) is 0 Å². The molecule has 3 nitrogen and oxygen atoms in total. The fourth-order valence-electron chi connectivity index (χ4n) is 1.91. The van der Waals surface area contributed by atoms with Crippen molar-refractivity contribution in [3.8, 4) is 5.75 Å². The average molecular weight is 399 g/mol. The molecule has 27 heavy (non-hydrogen) atoms. The molecule has 1 amide bonds. The number of nitrogens with one attached hydrogen (secondary N) is 1. The molecule has 146 valence electrons. The van der Waals surface area contributed by atoms with Gasteiger partial charge in [-0.25, -0.2) is 0 Å². The smallest absolute Gasteiger partial charge is 0.425 e. The topological polar surface area (TPSA) is 38.3 Å². The third-order valence-electron chi connectivity index (χ3n) is 3.10. The van der Waals surface area contributed by atoms with E-state index in [0.29, 0.717) is 0 Å². The van der Waals surface area contributed by atoms with E-state index in [-0.39, 0.29) is 18.2 Å². The number of carbonyl (C=O) groups excluding carboxylic acids is 1. The van der Waals surface area contributed by atoms with E-state index in [9.17, 15) is 39.9 Å². The van der Waals surface area contributed by atoms with E-state index in [1.165, 1.54) is 23.5 Å². The maximum Gasteiger partial charge on any atom is 0.482 e. The van der Waals surface area contributed by atoms with Gasteiger partial charge in [0.1, 0.15) is 5.75 Å². The number of hydrogen-bond acceptors (Lipinski definition) is 2. The van der Waals surface area contributed by atoms with Crippen LogP contribution in [0.25, 0.3) is 0 Å². The van der Waals surface area contributed by atoms with Gasteiger partial charge in [-0.3, -0.25) is 4.79 Å². The van der Waals surface area contributed by atoms with Gasteiger partial charge >= 0.3 is 24.4 Å².